The Labute approximate surface area is 97.1 Å². The van der Waals surface area contributed by atoms with E-state index < -0.39 is 16.5 Å². The Balaban J connectivity index is 3.90. The highest BCUT2D eigenvalue weighted by molar-refractivity contribution is 7.80. The summed E-state index contributed by atoms with van der Waals surface area (Å²) in [6, 6.07) is 0. The SMILES string of the molecule is CCCC(CCCCC(C)=O)OS(=O)(=O)O. The Bertz CT molecular complexity index is 296. The minimum Gasteiger partial charge on any atom is -0.300 e. The summed E-state index contributed by atoms with van der Waals surface area (Å²) in [5.74, 6) is 0.128. The molecular weight excluding hydrogens is 232 g/mol. The van der Waals surface area contributed by atoms with E-state index in [1.165, 1.54) is 6.92 Å². The largest absolute Gasteiger partial charge is 0.397 e. The highest BCUT2D eigenvalue weighted by Crippen LogP contribution is 2.14. The molecule has 0 aliphatic carbocycles. The minimum atomic E-state index is -4.37. The van der Waals surface area contributed by atoms with Gasteiger partial charge in [0.2, 0.25) is 0 Å². The number of ketones is 1. The average Bonchev–Trinajstić information content (AvgIpc) is 2.09. The Hall–Kier alpha value is -0.460. The summed E-state index contributed by atoms with van der Waals surface area (Å²) >= 11 is 0. The van der Waals surface area contributed by atoms with Crippen LogP contribution in [0, 0.1) is 0 Å². The standard InChI is InChI=1S/C10H20O5S/c1-3-6-10(15-16(12,13)14)8-5-4-7-9(2)11/h10H,3-8H2,1-2H3,(H,12,13,14). The molecule has 0 amide bonds. The lowest BCUT2D eigenvalue weighted by Gasteiger charge is -2.13. The molecule has 0 saturated carbocycles. The summed E-state index contributed by atoms with van der Waals surface area (Å²) in [7, 11) is -4.37. The summed E-state index contributed by atoms with van der Waals surface area (Å²) in [4.78, 5) is 10.7. The molecule has 0 aromatic heterocycles. The minimum absolute atomic E-state index is 0.128. The number of carbonyl (C=O) groups is 1. The molecule has 0 radical (unpaired) electrons. The van der Waals surface area contributed by atoms with Gasteiger partial charge in [-0.1, -0.05) is 19.8 Å². The van der Waals surface area contributed by atoms with Crippen molar-refractivity contribution < 1.29 is 21.9 Å². The van der Waals surface area contributed by atoms with Crippen LogP contribution in [0.25, 0.3) is 0 Å². The van der Waals surface area contributed by atoms with Gasteiger partial charge in [0.05, 0.1) is 6.10 Å². The number of rotatable bonds is 9. The molecule has 0 aromatic rings. The van der Waals surface area contributed by atoms with Crippen molar-refractivity contribution in [2.75, 3.05) is 0 Å². The highest BCUT2D eigenvalue weighted by atomic mass is 32.3. The number of Topliss-reactive ketones (excluding diaryl/α,β-unsaturated/α-hetero) is 1. The van der Waals surface area contributed by atoms with Gasteiger partial charge in [0.25, 0.3) is 0 Å². The third kappa shape index (κ3) is 10.1. The zero-order chi connectivity index (χ0) is 12.6. The third-order valence-corrected chi connectivity index (χ3v) is 2.69. The van der Waals surface area contributed by atoms with Crippen LogP contribution in [-0.4, -0.2) is 24.9 Å². The van der Waals surface area contributed by atoms with Crippen molar-refractivity contribution in [2.24, 2.45) is 0 Å². The van der Waals surface area contributed by atoms with Crippen LogP contribution in [0.15, 0.2) is 0 Å². The molecule has 5 nitrogen and oxygen atoms in total. The number of unbranched alkanes of at least 4 members (excludes halogenated alkanes) is 1. The molecule has 0 aliphatic rings. The molecule has 0 heterocycles. The quantitative estimate of drug-likeness (QED) is 0.502. The van der Waals surface area contributed by atoms with Gasteiger partial charge in [-0.15, -0.1) is 0 Å². The van der Waals surface area contributed by atoms with Crippen molar-refractivity contribution in [3.8, 4) is 0 Å². The molecule has 0 saturated heterocycles. The molecule has 0 spiro atoms. The second-order valence-corrected chi connectivity index (χ2v) is 4.93. The van der Waals surface area contributed by atoms with Gasteiger partial charge in [0.1, 0.15) is 5.78 Å². The molecule has 6 heteroatoms. The van der Waals surface area contributed by atoms with E-state index in [-0.39, 0.29) is 5.78 Å². The van der Waals surface area contributed by atoms with Crippen LogP contribution in [0.2, 0.25) is 0 Å². The van der Waals surface area contributed by atoms with Crippen LogP contribution in [0.3, 0.4) is 0 Å². The first kappa shape index (κ1) is 15.5. The van der Waals surface area contributed by atoms with Gasteiger partial charge in [0.15, 0.2) is 0 Å². The molecular formula is C10H20O5S. The first-order valence-electron chi connectivity index (χ1n) is 5.50. The molecule has 0 fully saturated rings. The van der Waals surface area contributed by atoms with Gasteiger partial charge in [-0.3, -0.25) is 4.55 Å². The molecule has 1 atom stereocenters. The number of hydrogen-bond donors (Lipinski definition) is 1. The molecule has 16 heavy (non-hydrogen) atoms. The van der Waals surface area contributed by atoms with Crippen LogP contribution in [0.4, 0.5) is 0 Å². The zero-order valence-electron chi connectivity index (χ0n) is 9.81. The van der Waals surface area contributed by atoms with Crippen molar-refractivity contribution >= 4 is 16.2 Å². The predicted molar refractivity (Wildman–Crippen MR) is 60.5 cm³/mol. The number of hydrogen-bond acceptors (Lipinski definition) is 4. The maximum atomic E-state index is 10.7. The molecule has 0 aliphatic heterocycles. The fourth-order valence-corrected chi connectivity index (χ4v) is 2.02. The van der Waals surface area contributed by atoms with Crippen LogP contribution in [0.1, 0.15) is 52.4 Å². The Morgan fingerprint density at radius 3 is 2.38 bits per heavy atom. The maximum Gasteiger partial charge on any atom is 0.397 e. The van der Waals surface area contributed by atoms with E-state index in [2.05, 4.69) is 4.18 Å². The van der Waals surface area contributed by atoms with Crippen LogP contribution in [0.5, 0.6) is 0 Å². The third-order valence-electron chi connectivity index (χ3n) is 2.17. The van der Waals surface area contributed by atoms with Gasteiger partial charge in [-0.25, -0.2) is 4.18 Å². The predicted octanol–water partition coefficient (Wildman–Crippen LogP) is 2.12. The fraction of sp³-hybridized carbons (Fsp3) is 0.900. The molecule has 1 N–H and O–H groups in total. The van der Waals surface area contributed by atoms with Crippen LogP contribution < -0.4 is 0 Å². The van der Waals surface area contributed by atoms with Gasteiger partial charge in [-0.2, -0.15) is 8.42 Å². The Kier molecular flexibility index (Phi) is 7.53. The van der Waals surface area contributed by atoms with Gasteiger partial charge in [-0.05, 0) is 26.2 Å². The van der Waals surface area contributed by atoms with E-state index >= 15 is 0 Å². The highest BCUT2D eigenvalue weighted by Gasteiger charge is 2.15. The summed E-state index contributed by atoms with van der Waals surface area (Å²) in [6.45, 7) is 3.44. The molecule has 0 rings (SSSR count). The molecule has 0 aromatic carbocycles. The Morgan fingerprint density at radius 1 is 1.31 bits per heavy atom. The lowest BCUT2D eigenvalue weighted by Crippen LogP contribution is -2.17. The monoisotopic (exact) mass is 252 g/mol. The molecule has 0 bridgehead atoms. The summed E-state index contributed by atoms with van der Waals surface area (Å²) in [5, 5.41) is 0. The first-order chi connectivity index (χ1) is 7.35. The number of carbonyl (C=O) groups excluding carboxylic acids is 1. The zero-order valence-corrected chi connectivity index (χ0v) is 10.6. The summed E-state index contributed by atoms with van der Waals surface area (Å²) in [5.41, 5.74) is 0. The smallest absolute Gasteiger partial charge is 0.300 e. The molecule has 96 valence electrons. The normalized spacial score (nSPS) is 13.7. The summed E-state index contributed by atoms with van der Waals surface area (Å²) < 4.78 is 34.2. The fourth-order valence-electron chi connectivity index (χ4n) is 1.48. The van der Waals surface area contributed by atoms with Gasteiger partial charge in [0, 0.05) is 6.42 Å². The van der Waals surface area contributed by atoms with E-state index in [1.807, 2.05) is 6.92 Å². The van der Waals surface area contributed by atoms with Crippen LogP contribution in [-0.2, 0) is 19.4 Å². The van der Waals surface area contributed by atoms with E-state index in [0.29, 0.717) is 19.3 Å². The maximum absolute atomic E-state index is 10.7. The second-order valence-electron chi connectivity index (χ2n) is 3.88. The van der Waals surface area contributed by atoms with Gasteiger partial charge < -0.3 is 4.79 Å². The lowest BCUT2D eigenvalue weighted by molar-refractivity contribution is -0.117. The van der Waals surface area contributed by atoms with Crippen molar-refractivity contribution in [1.29, 1.82) is 0 Å². The second kappa shape index (κ2) is 7.76. The van der Waals surface area contributed by atoms with E-state index in [4.69, 9.17) is 4.55 Å². The lowest BCUT2D eigenvalue weighted by atomic mass is 10.1. The van der Waals surface area contributed by atoms with E-state index in [9.17, 15) is 13.2 Å². The molecule has 1 unspecified atom stereocenters. The van der Waals surface area contributed by atoms with E-state index in [1.54, 1.807) is 0 Å². The first-order valence-corrected chi connectivity index (χ1v) is 6.86. The van der Waals surface area contributed by atoms with Crippen LogP contribution >= 0.6 is 0 Å². The van der Waals surface area contributed by atoms with Crippen molar-refractivity contribution in [1.82, 2.24) is 0 Å². The topological polar surface area (TPSA) is 80.7 Å². The van der Waals surface area contributed by atoms with Gasteiger partial charge >= 0.3 is 10.4 Å². The van der Waals surface area contributed by atoms with Crippen molar-refractivity contribution in [3.05, 3.63) is 0 Å². The Morgan fingerprint density at radius 2 is 1.94 bits per heavy atom. The van der Waals surface area contributed by atoms with Crippen molar-refractivity contribution in [3.63, 3.8) is 0 Å². The summed E-state index contributed by atoms with van der Waals surface area (Å²) in [6.07, 6.45) is 3.38. The van der Waals surface area contributed by atoms with Crippen molar-refractivity contribution in [2.45, 2.75) is 58.5 Å². The average molecular weight is 252 g/mol. The van der Waals surface area contributed by atoms with E-state index in [0.717, 1.165) is 19.3 Å².